The van der Waals surface area contributed by atoms with Crippen LogP contribution < -0.4 is 14.8 Å². The molecule has 0 spiro atoms. The zero-order valence-electron chi connectivity index (χ0n) is 15.9. The summed E-state index contributed by atoms with van der Waals surface area (Å²) >= 11 is 0. The lowest BCUT2D eigenvalue weighted by Gasteiger charge is -2.27. The molecule has 0 saturated carbocycles. The molecule has 0 unspecified atom stereocenters. The first-order valence-corrected chi connectivity index (χ1v) is 10.9. The van der Waals surface area contributed by atoms with E-state index < -0.39 is 38.9 Å². The first-order valence-electron chi connectivity index (χ1n) is 9.37. The number of benzene rings is 2. The highest BCUT2D eigenvalue weighted by molar-refractivity contribution is 7.92. The Morgan fingerprint density at radius 1 is 1.16 bits per heavy atom. The molecule has 1 saturated heterocycles. The summed E-state index contributed by atoms with van der Waals surface area (Å²) in [5, 5.41) is 3.35. The van der Waals surface area contributed by atoms with Crippen molar-refractivity contribution in [1.29, 1.82) is 0 Å². The molecule has 0 aliphatic carbocycles. The van der Waals surface area contributed by atoms with E-state index in [1.165, 1.54) is 24.5 Å². The van der Waals surface area contributed by atoms with Gasteiger partial charge < -0.3 is 14.5 Å². The van der Waals surface area contributed by atoms with Crippen molar-refractivity contribution < 1.29 is 35.1 Å². The lowest BCUT2D eigenvalue weighted by atomic mass is 10.1. The molecule has 166 valence electrons. The largest absolute Gasteiger partial charge is 0.483 e. The molecule has 1 fully saturated rings. The maximum Gasteiger partial charge on any atom is 0.417 e. The SMILES string of the molecule is O=S(=O)(Nc1cc(O[C@@H]2CCNC[C@@H]2F)c2occc2c1)c1ccccc1C(F)(F)F. The second kappa shape index (κ2) is 8.04. The number of sulfonamides is 1. The summed E-state index contributed by atoms with van der Waals surface area (Å²) in [5.74, 6) is 0.0962. The monoisotopic (exact) mass is 458 g/mol. The van der Waals surface area contributed by atoms with E-state index in [0.29, 0.717) is 24.4 Å². The van der Waals surface area contributed by atoms with Gasteiger partial charge in [-0.1, -0.05) is 12.1 Å². The molecule has 11 heteroatoms. The van der Waals surface area contributed by atoms with Gasteiger partial charge >= 0.3 is 6.18 Å². The van der Waals surface area contributed by atoms with Crippen LogP contribution in [0.15, 0.2) is 58.0 Å². The van der Waals surface area contributed by atoms with Crippen molar-refractivity contribution in [2.24, 2.45) is 0 Å². The van der Waals surface area contributed by atoms with Crippen LogP contribution in [-0.2, 0) is 16.2 Å². The van der Waals surface area contributed by atoms with Crippen molar-refractivity contribution >= 4 is 26.7 Å². The van der Waals surface area contributed by atoms with Gasteiger partial charge in [0.15, 0.2) is 11.3 Å². The summed E-state index contributed by atoms with van der Waals surface area (Å²) in [5.41, 5.74) is -1.03. The number of furan rings is 1. The highest BCUT2D eigenvalue weighted by atomic mass is 32.2. The van der Waals surface area contributed by atoms with Gasteiger partial charge in [-0.2, -0.15) is 13.2 Å². The highest BCUT2D eigenvalue weighted by Crippen LogP contribution is 2.36. The molecule has 1 aliphatic rings. The maximum absolute atomic E-state index is 14.2. The van der Waals surface area contributed by atoms with E-state index in [1.54, 1.807) is 6.07 Å². The minimum Gasteiger partial charge on any atom is -0.483 e. The summed E-state index contributed by atoms with van der Waals surface area (Å²) in [6.07, 6.45) is -5.16. The van der Waals surface area contributed by atoms with E-state index in [-0.39, 0.29) is 23.6 Å². The molecule has 0 bridgehead atoms. The van der Waals surface area contributed by atoms with Gasteiger partial charge in [0.2, 0.25) is 0 Å². The van der Waals surface area contributed by atoms with Crippen LogP contribution in [0.1, 0.15) is 12.0 Å². The minimum absolute atomic E-state index is 0.0368. The third kappa shape index (κ3) is 4.47. The molecular formula is C20H18F4N2O4S. The van der Waals surface area contributed by atoms with Crippen molar-refractivity contribution in [1.82, 2.24) is 5.32 Å². The van der Waals surface area contributed by atoms with Crippen molar-refractivity contribution in [3.8, 4) is 5.75 Å². The van der Waals surface area contributed by atoms with Crippen LogP contribution in [0.2, 0.25) is 0 Å². The summed E-state index contributed by atoms with van der Waals surface area (Å²) < 4.78 is 92.8. The fourth-order valence-electron chi connectivity index (χ4n) is 3.43. The Labute approximate surface area is 175 Å². The molecule has 4 rings (SSSR count). The zero-order chi connectivity index (χ0) is 22.2. The van der Waals surface area contributed by atoms with Crippen LogP contribution in [0.3, 0.4) is 0 Å². The molecule has 31 heavy (non-hydrogen) atoms. The standard InChI is InChI=1S/C20H18F4N2O4S/c21-15-11-25-7-5-16(15)30-17-10-13(9-12-6-8-29-19(12)17)26-31(27,28)18-4-2-1-3-14(18)20(22,23)24/h1-4,6,8-10,15-16,25-26H,5,7,11H2/t15-,16+/m0/s1. The van der Waals surface area contributed by atoms with E-state index in [4.69, 9.17) is 9.15 Å². The Balaban J connectivity index is 1.69. The lowest BCUT2D eigenvalue weighted by molar-refractivity contribution is -0.139. The molecule has 0 amide bonds. The van der Waals surface area contributed by atoms with E-state index in [9.17, 15) is 26.0 Å². The van der Waals surface area contributed by atoms with Crippen LogP contribution in [0.4, 0.5) is 23.2 Å². The van der Waals surface area contributed by atoms with E-state index >= 15 is 0 Å². The predicted octanol–water partition coefficient (Wildman–Crippen LogP) is 4.33. The number of fused-ring (bicyclic) bond motifs is 1. The topological polar surface area (TPSA) is 80.6 Å². The van der Waals surface area contributed by atoms with Gasteiger partial charge in [-0.05, 0) is 37.2 Å². The second-order valence-electron chi connectivity index (χ2n) is 7.08. The number of anilines is 1. The lowest BCUT2D eigenvalue weighted by Crippen LogP contribution is -2.44. The normalized spacial score (nSPS) is 20.0. The molecular weight excluding hydrogens is 440 g/mol. The molecule has 3 aromatic rings. The summed E-state index contributed by atoms with van der Waals surface area (Å²) in [6.45, 7) is 0.666. The number of ether oxygens (including phenoxy) is 1. The van der Waals surface area contributed by atoms with Gasteiger partial charge in [0, 0.05) is 18.0 Å². The van der Waals surface area contributed by atoms with Crippen molar-refractivity contribution in [2.75, 3.05) is 17.8 Å². The first-order chi connectivity index (χ1) is 14.6. The van der Waals surface area contributed by atoms with Crippen molar-refractivity contribution in [2.45, 2.75) is 29.8 Å². The van der Waals surface area contributed by atoms with Gasteiger partial charge in [-0.15, -0.1) is 0 Å². The van der Waals surface area contributed by atoms with Crippen LogP contribution >= 0.6 is 0 Å². The van der Waals surface area contributed by atoms with Gasteiger partial charge in [0.25, 0.3) is 10.0 Å². The number of alkyl halides is 4. The van der Waals surface area contributed by atoms with Gasteiger partial charge in [0.1, 0.15) is 12.3 Å². The van der Waals surface area contributed by atoms with Crippen LogP contribution in [-0.4, -0.2) is 33.8 Å². The molecule has 2 heterocycles. The van der Waals surface area contributed by atoms with Gasteiger partial charge in [-0.3, -0.25) is 4.72 Å². The highest BCUT2D eigenvalue weighted by Gasteiger charge is 2.37. The summed E-state index contributed by atoms with van der Waals surface area (Å²) in [4.78, 5) is -0.903. The molecule has 1 aromatic heterocycles. The molecule has 0 radical (unpaired) electrons. The molecule has 1 aliphatic heterocycles. The molecule has 6 nitrogen and oxygen atoms in total. The first kappa shape index (κ1) is 21.4. The predicted molar refractivity (Wildman–Crippen MR) is 105 cm³/mol. The van der Waals surface area contributed by atoms with E-state index in [0.717, 1.165) is 12.1 Å². The number of hydrogen-bond acceptors (Lipinski definition) is 5. The Morgan fingerprint density at radius 2 is 1.94 bits per heavy atom. The quantitative estimate of drug-likeness (QED) is 0.557. The van der Waals surface area contributed by atoms with Crippen LogP contribution in [0.25, 0.3) is 11.0 Å². The third-order valence-electron chi connectivity index (χ3n) is 4.88. The molecule has 2 N–H and O–H groups in total. The Morgan fingerprint density at radius 3 is 2.68 bits per heavy atom. The van der Waals surface area contributed by atoms with Crippen molar-refractivity contribution in [3.05, 3.63) is 54.3 Å². The van der Waals surface area contributed by atoms with Crippen LogP contribution in [0.5, 0.6) is 5.75 Å². The maximum atomic E-state index is 14.2. The van der Waals surface area contributed by atoms with Crippen molar-refractivity contribution in [3.63, 3.8) is 0 Å². The van der Waals surface area contributed by atoms with Crippen LogP contribution in [0, 0.1) is 0 Å². The Bertz CT molecular complexity index is 1190. The van der Waals surface area contributed by atoms with Gasteiger partial charge in [-0.25, -0.2) is 12.8 Å². The number of rotatable bonds is 5. The number of hydrogen-bond donors (Lipinski definition) is 2. The number of halogens is 4. The fourth-order valence-corrected chi connectivity index (χ4v) is 4.70. The fraction of sp³-hybridized carbons (Fsp3) is 0.300. The number of piperidine rings is 1. The Kier molecular flexibility index (Phi) is 5.56. The zero-order valence-corrected chi connectivity index (χ0v) is 16.8. The average Bonchev–Trinajstić information content (AvgIpc) is 3.18. The number of nitrogens with one attached hydrogen (secondary N) is 2. The third-order valence-corrected chi connectivity index (χ3v) is 6.32. The van der Waals surface area contributed by atoms with E-state index in [1.807, 2.05) is 0 Å². The molecule has 2 atom stereocenters. The minimum atomic E-state index is -4.85. The van der Waals surface area contributed by atoms with E-state index in [2.05, 4.69) is 10.0 Å². The average molecular weight is 458 g/mol. The smallest absolute Gasteiger partial charge is 0.417 e. The second-order valence-corrected chi connectivity index (χ2v) is 8.73. The molecule has 2 aromatic carbocycles. The Hall–Kier alpha value is -2.79. The van der Waals surface area contributed by atoms with Gasteiger partial charge in [0.05, 0.1) is 22.4 Å². The summed E-state index contributed by atoms with van der Waals surface area (Å²) in [7, 11) is -4.58. The summed E-state index contributed by atoms with van der Waals surface area (Å²) in [6, 6.07) is 8.10.